The van der Waals surface area contributed by atoms with Crippen molar-refractivity contribution >= 4 is 5.78 Å². The smallest absolute Gasteiger partial charge is 0.169 e. The van der Waals surface area contributed by atoms with Gasteiger partial charge >= 0.3 is 0 Å². The van der Waals surface area contributed by atoms with Gasteiger partial charge in [0.2, 0.25) is 0 Å². The summed E-state index contributed by atoms with van der Waals surface area (Å²) in [6, 6.07) is 0. The molecule has 0 aromatic rings. The zero-order valence-electron chi connectivity index (χ0n) is 6.90. The van der Waals surface area contributed by atoms with E-state index in [9.17, 15) is 4.79 Å². The van der Waals surface area contributed by atoms with Crippen molar-refractivity contribution in [1.82, 2.24) is 5.32 Å². The molecule has 0 amide bonds. The second-order valence-corrected chi connectivity index (χ2v) is 1.50. The summed E-state index contributed by atoms with van der Waals surface area (Å²) in [7, 11) is 1.75. The van der Waals surface area contributed by atoms with Crippen LogP contribution < -0.4 is 19.4 Å². The van der Waals surface area contributed by atoms with Crippen LogP contribution in [0.25, 0.3) is 0 Å². The summed E-state index contributed by atoms with van der Waals surface area (Å²) in [5.41, 5.74) is 0. The van der Waals surface area contributed by atoms with Gasteiger partial charge in [-0.25, -0.2) is 0 Å². The standard InChI is InChI=1S/C6H11NO.3FH.Hf/c1-3-4-6(8)5-7-2;;;;/h3-4,7H,5H2,1-2H3;3*1H;/p-3. The van der Waals surface area contributed by atoms with Gasteiger partial charge in [0, 0.05) is 25.8 Å². The number of halogens is 3. The zero-order valence-corrected chi connectivity index (χ0v) is 10.5. The van der Waals surface area contributed by atoms with Crippen LogP contribution in [-0.4, -0.2) is 19.4 Å². The fourth-order valence-corrected chi connectivity index (χ4v) is 0.419. The fraction of sp³-hybridized carbons (Fsp3) is 0.500. The first-order valence-electron chi connectivity index (χ1n) is 2.61. The predicted octanol–water partition coefficient (Wildman–Crippen LogP) is -8.64. The Bertz CT molecular complexity index is 111. The zero-order chi connectivity index (χ0) is 6.41. The molecule has 0 heterocycles. The average Bonchev–Trinajstić information content (AvgIpc) is 1.68. The van der Waals surface area contributed by atoms with Gasteiger partial charge in [-0.15, -0.1) is 0 Å². The monoisotopic (exact) mass is 350 g/mol. The molecule has 2 nitrogen and oxygen atoms in total. The first-order chi connectivity index (χ1) is 3.81. The third-order valence-electron chi connectivity index (χ3n) is 0.704. The Balaban J connectivity index is -0.0000000408. The van der Waals surface area contributed by atoms with Gasteiger partial charge in [0.25, 0.3) is 0 Å². The molecule has 1 N–H and O–H groups in total. The van der Waals surface area contributed by atoms with E-state index in [1.165, 1.54) is 0 Å². The summed E-state index contributed by atoms with van der Waals surface area (Å²) >= 11 is 0. The second kappa shape index (κ2) is 22.5. The molecule has 0 spiro atoms. The van der Waals surface area contributed by atoms with E-state index in [0.29, 0.717) is 6.54 Å². The third kappa shape index (κ3) is 22.5. The number of carbonyl (C=O) groups excluding carboxylic acids is 1. The van der Waals surface area contributed by atoms with Crippen LogP contribution in [0.1, 0.15) is 6.92 Å². The molecular formula is C6H11F3HfNO-3. The minimum Gasteiger partial charge on any atom is -1.00 e. The van der Waals surface area contributed by atoms with Crippen molar-refractivity contribution in [3.05, 3.63) is 12.2 Å². The van der Waals surface area contributed by atoms with Crippen molar-refractivity contribution in [3.63, 3.8) is 0 Å². The van der Waals surface area contributed by atoms with E-state index in [4.69, 9.17) is 0 Å². The summed E-state index contributed by atoms with van der Waals surface area (Å²) < 4.78 is 0. The molecule has 0 unspecified atom stereocenters. The number of allylic oxidation sites excluding steroid dienone is 1. The van der Waals surface area contributed by atoms with Gasteiger partial charge in [-0.3, -0.25) is 4.79 Å². The Morgan fingerprint density at radius 3 is 2.00 bits per heavy atom. The molecule has 0 rings (SSSR count). The van der Waals surface area contributed by atoms with Gasteiger partial charge in [0.1, 0.15) is 0 Å². The van der Waals surface area contributed by atoms with Crippen molar-refractivity contribution in [2.24, 2.45) is 0 Å². The van der Waals surface area contributed by atoms with Crippen LogP contribution in [0.4, 0.5) is 0 Å². The number of nitrogens with one attached hydrogen (secondary N) is 1. The summed E-state index contributed by atoms with van der Waals surface area (Å²) in [6.45, 7) is 2.26. The Labute approximate surface area is 88.7 Å². The molecule has 74 valence electrons. The molecule has 0 aliphatic carbocycles. The molecule has 0 bridgehead atoms. The number of hydrogen-bond acceptors (Lipinski definition) is 2. The van der Waals surface area contributed by atoms with Crippen molar-refractivity contribution in [2.75, 3.05) is 13.6 Å². The molecule has 0 aromatic carbocycles. The molecule has 0 aliphatic rings. The van der Waals surface area contributed by atoms with Gasteiger partial charge in [-0.2, -0.15) is 0 Å². The number of carbonyl (C=O) groups is 1. The number of hydrogen-bond donors (Lipinski definition) is 1. The largest absolute Gasteiger partial charge is 1.00 e. The first kappa shape index (κ1) is 29.6. The molecular weight excluding hydrogens is 338 g/mol. The van der Waals surface area contributed by atoms with Crippen LogP contribution in [-0.2, 0) is 30.6 Å². The molecule has 0 aromatic heterocycles. The van der Waals surface area contributed by atoms with E-state index >= 15 is 0 Å². The normalized spacial score (nSPS) is 6.83. The maximum atomic E-state index is 10.5. The predicted molar refractivity (Wildman–Crippen MR) is 33.7 cm³/mol. The van der Waals surface area contributed by atoms with Crippen molar-refractivity contribution in [3.8, 4) is 0 Å². The number of likely N-dealkylation sites (N-methyl/N-ethyl adjacent to an activating group) is 1. The second-order valence-electron chi connectivity index (χ2n) is 1.50. The van der Waals surface area contributed by atoms with Crippen molar-refractivity contribution in [2.45, 2.75) is 6.92 Å². The van der Waals surface area contributed by atoms with Crippen LogP contribution in [0.15, 0.2) is 12.2 Å². The Hall–Kier alpha value is 0.0301. The van der Waals surface area contributed by atoms with Crippen molar-refractivity contribution in [1.29, 1.82) is 0 Å². The van der Waals surface area contributed by atoms with Gasteiger partial charge < -0.3 is 19.4 Å². The summed E-state index contributed by atoms with van der Waals surface area (Å²) in [5, 5.41) is 2.75. The maximum Gasteiger partial charge on any atom is 0.169 e. The Morgan fingerprint density at radius 2 is 1.75 bits per heavy atom. The number of ketones is 1. The van der Waals surface area contributed by atoms with Crippen LogP contribution in [0.5, 0.6) is 0 Å². The molecule has 6 heteroatoms. The SMILES string of the molecule is CC=CC(=O)CNC.[F-].[F-].[F-].[Hf]. The first-order valence-corrected chi connectivity index (χ1v) is 2.61. The van der Waals surface area contributed by atoms with Crippen molar-refractivity contribution < 1.29 is 44.8 Å². The van der Waals surface area contributed by atoms with Gasteiger partial charge in [0.05, 0.1) is 6.54 Å². The van der Waals surface area contributed by atoms with E-state index in [1.54, 1.807) is 19.2 Å². The topological polar surface area (TPSA) is 29.1 Å². The van der Waals surface area contributed by atoms with E-state index in [1.807, 2.05) is 6.92 Å². The van der Waals surface area contributed by atoms with E-state index in [0.717, 1.165) is 0 Å². The summed E-state index contributed by atoms with van der Waals surface area (Å²) in [5.74, 6) is 0.120. The molecule has 0 radical (unpaired) electrons. The molecule has 12 heavy (non-hydrogen) atoms. The minimum atomic E-state index is 0. The van der Waals surface area contributed by atoms with Gasteiger partial charge in [0.15, 0.2) is 5.78 Å². The van der Waals surface area contributed by atoms with Gasteiger partial charge in [-0.1, -0.05) is 6.08 Å². The van der Waals surface area contributed by atoms with E-state index < -0.39 is 0 Å². The summed E-state index contributed by atoms with van der Waals surface area (Å²) in [6.07, 6.45) is 3.29. The van der Waals surface area contributed by atoms with Crippen LogP contribution >= 0.6 is 0 Å². The quantitative estimate of drug-likeness (QED) is 0.405. The molecule has 0 fully saturated rings. The fourth-order valence-electron chi connectivity index (χ4n) is 0.419. The Morgan fingerprint density at radius 1 is 1.33 bits per heavy atom. The Kier molecular flexibility index (Phi) is 55.4. The molecule has 0 saturated heterocycles. The number of rotatable bonds is 3. The van der Waals surface area contributed by atoms with E-state index in [-0.39, 0.29) is 45.7 Å². The van der Waals surface area contributed by atoms with Crippen LogP contribution in [0.3, 0.4) is 0 Å². The van der Waals surface area contributed by atoms with Gasteiger partial charge in [-0.05, 0) is 20.0 Å². The van der Waals surface area contributed by atoms with Crippen LogP contribution in [0, 0.1) is 0 Å². The molecule has 0 saturated carbocycles. The average molecular weight is 349 g/mol. The molecule has 0 aliphatic heterocycles. The van der Waals surface area contributed by atoms with Crippen LogP contribution in [0.2, 0.25) is 0 Å². The summed E-state index contributed by atoms with van der Waals surface area (Å²) in [4.78, 5) is 10.5. The maximum absolute atomic E-state index is 10.5. The molecule has 0 atom stereocenters. The third-order valence-corrected chi connectivity index (χ3v) is 0.704. The minimum absolute atomic E-state index is 0. The van der Waals surface area contributed by atoms with E-state index in [2.05, 4.69) is 5.32 Å².